The Bertz CT molecular complexity index is 640. The summed E-state index contributed by atoms with van der Waals surface area (Å²) in [5.74, 6) is -2.75. The van der Waals surface area contributed by atoms with Crippen LogP contribution >= 0.6 is 0 Å². The summed E-state index contributed by atoms with van der Waals surface area (Å²) < 4.78 is 34.1. The quantitative estimate of drug-likeness (QED) is 0.594. The second-order valence-electron chi connectivity index (χ2n) is 5.31. The van der Waals surface area contributed by atoms with Gasteiger partial charge in [0.05, 0.1) is 13.2 Å². The molecule has 0 aliphatic heterocycles. The van der Waals surface area contributed by atoms with E-state index in [0.29, 0.717) is 5.69 Å². The Morgan fingerprint density at radius 1 is 1.00 bits per heavy atom. The van der Waals surface area contributed by atoms with Gasteiger partial charge in [-0.2, -0.15) is 0 Å². The van der Waals surface area contributed by atoms with Gasteiger partial charge in [-0.1, -0.05) is 18.2 Å². The molecule has 0 bridgehead atoms. The predicted octanol–water partition coefficient (Wildman–Crippen LogP) is 0.161. The van der Waals surface area contributed by atoms with Gasteiger partial charge in [0, 0.05) is 33.0 Å². The molecule has 1 N–H and O–H groups in total. The van der Waals surface area contributed by atoms with E-state index in [2.05, 4.69) is 5.32 Å². The first-order chi connectivity index (χ1) is 11.9. The fourth-order valence-electron chi connectivity index (χ4n) is 2.01. The number of anilines is 1. The van der Waals surface area contributed by atoms with Crippen molar-refractivity contribution in [1.29, 1.82) is 0 Å². The van der Waals surface area contributed by atoms with Gasteiger partial charge in [0.1, 0.15) is 11.5 Å². The van der Waals surface area contributed by atoms with Crippen molar-refractivity contribution in [1.82, 2.24) is 4.90 Å². The average molecular weight is 372 g/mol. The Labute approximate surface area is 148 Å². The summed E-state index contributed by atoms with van der Waals surface area (Å²) in [6, 6.07) is 8.51. The fourth-order valence-corrected chi connectivity index (χ4v) is 3.15. The SMILES string of the molecule is COCCN(CCOC)C(=O)CS(=O)(=O)CC(=O)Nc1ccccc1. The van der Waals surface area contributed by atoms with Crippen LogP contribution in [0.3, 0.4) is 0 Å². The van der Waals surface area contributed by atoms with E-state index < -0.39 is 33.2 Å². The summed E-state index contributed by atoms with van der Waals surface area (Å²) in [7, 11) is -0.901. The Hall–Kier alpha value is -1.97. The molecule has 9 heteroatoms. The number of nitrogens with zero attached hydrogens (tertiary/aromatic N) is 1. The molecular formula is C16H24N2O6S. The second kappa shape index (κ2) is 10.8. The zero-order chi connectivity index (χ0) is 18.7. The highest BCUT2D eigenvalue weighted by atomic mass is 32.2. The summed E-state index contributed by atoms with van der Waals surface area (Å²) in [5.41, 5.74) is 0.496. The van der Waals surface area contributed by atoms with Crippen molar-refractivity contribution in [2.45, 2.75) is 0 Å². The number of sulfone groups is 1. The van der Waals surface area contributed by atoms with Gasteiger partial charge >= 0.3 is 0 Å². The molecule has 8 nitrogen and oxygen atoms in total. The maximum Gasteiger partial charge on any atom is 0.239 e. The number of hydrogen-bond donors (Lipinski definition) is 1. The minimum absolute atomic E-state index is 0.254. The van der Waals surface area contributed by atoms with E-state index in [4.69, 9.17) is 9.47 Å². The van der Waals surface area contributed by atoms with Crippen molar-refractivity contribution < 1.29 is 27.5 Å². The Morgan fingerprint density at radius 3 is 2.08 bits per heavy atom. The lowest BCUT2D eigenvalue weighted by molar-refractivity contribution is -0.129. The second-order valence-corrected chi connectivity index (χ2v) is 7.38. The number of carbonyl (C=O) groups is 2. The molecule has 0 aliphatic carbocycles. The van der Waals surface area contributed by atoms with Crippen molar-refractivity contribution in [2.75, 3.05) is 57.3 Å². The summed E-state index contributed by atoms with van der Waals surface area (Å²) >= 11 is 0. The monoisotopic (exact) mass is 372 g/mol. The molecule has 0 fully saturated rings. The number of hydrogen-bond acceptors (Lipinski definition) is 6. The van der Waals surface area contributed by atoms with Crippen LogP contribution in [-0.2, 0) is 28.9 Å². The first kappa shape index (κ1) is 21.1. The fraction of sp³-hybridized carbons (Fsp3) is 0.500. The molecule has 1 aromatic carbocycles. The topological polar surface area (TPSA) is 102 Å². The van der Waals surface area contributed by atoms with Gasteiger partial charge in [-0.25, -0.2) is 8.42 Å². The van der Waals surface area contributed by atoms with Crippen LogP contribution < -0.4 is 5.32 Å². The zero-order valence-corrected chi connectivity index (χ0v) is 15.3. The third-order valence-corrected chi connectivity index (χ3v) is 4.62. The van der Waals surface area contributed by atoms with E-state index in [9.17, 15) is 18.0 Å². The maximum absolute atomic E-state index is 12.2. The van der Waals surface area contributed by atoms with Crippen LogP contribution in [-0.4, -0.2) is 77.2 Å². The van der Waals surface area contributed by atoms with Gasteiger partial charge in [0.2, 0.25) is 11.8 Å². The minimum Gasteiger partial charge on any atom is -0.383 e. The number of para-hydroxylation sites is 1. The molecule has 0 spiro atoms. The molecule has 0 saturated carbocycles. The lowest BCUT2D eigenvalue weighted by Gasteiger charge is -2.21. The summed E-state index contributed by atoms with van der Waals surface area (Å²) in [6.45, 7) is 1.07. The van der Waals surface area contributed by atoms with Crippen LogP contribution in [0.15, 0.2) is 30.3 Å². The highest BCUT2D eigenvalue weighted by molar-refractivity contribution is 7.92. The third-order valence-electron chi connectivity index (χ3n) is 3.24. The first-order valence-corrected chi connectivity index (χ1v) is 9.51. The van der Waals surface area contributed by atoms with Crippen LogP contribution in [0.5, 0.6) is 0 Å². The predicted molar refractivity (Wildman–Crippen MR) is 94.1 cm³/mol. The highest BCUT2D eigenvalue weighted by Crippen LogP contribution is 2.06. The van der Waals surface area contributed by atoms with Gasteiger partial charge < -0.3 is 19.7 Å². The highest BCUT2D eigenvalue weighted by Gasteiger charge is 2.24. The molecule has 25 heavy (non-hydrogen) atoms. The van der Waals surface area contributed by atoms with Gasteiger partial charge in [0.25, 0.3) is 0 Å². The van der Waals surface area contributed by atoms with Crippen molar-refractivity contribution in [3.8, 4) is 0 Å². The molecule has 0 aromatic heterocycles. The molecule has 1 aromatic rings. The first-order valence-electron chi connectivity index (χ1n) is 7.69. The number of ether oxygens (including phenoxy) is 2. The van der Waals surface area contributed by atoms with E-state index >= 15 is 0 Å². The summed E-state index contributed by atoms with van der Waals surface area (Å²) in [4.78, 5) is 25.4. The molecule has 1 rings (SSSR count). The van der Waals surface area contributed by atoms with Gasteiger partial charge in [-0.3, -0.25) is 9.59 Å². The van der Waals surface area contributed by atoms with E-state index in [1.165, 1.54) is 19.1 Å². The van der Waals surface area contributed by atoms with Crippen LogP contribution in [0.2, 0.25) is 0 Å². The van der Waals surface area contributed by atoms with E-state index in [1.54, 1.807) is 30.3 Å². The molecule has 0 atom stereocenters. The Morgan fingerprint density at radius 2 is 1.56 bits per heavy atom. The smallest absolute Gasteiger partial charge is 0.239 e. The zero-order valence-electron chi connectivity index (χ0n) is 14.4. The van der Waals surface area contributed by atoms with Crippen LogP contribution in [0.25, 0.3) is 0 Å². The lowest BCUT2D eigenvalue weighted by Crippen LogP contribution is -2.41. The van der Waals surface area contributed by atoms with Crippen LogP contribution in [0.4, 0.5) is 5.69 Å². The molecule has 2 amide bonds. The molecule has 0 radical (unpaired) electrons. The van der Waals surface area contributed by atoms with E-state index in [-0.39, 0.29) is 26.3 Å². The van der Waals surface area contributed by atoms with Crippen molar-refractivity contribution in [2.24, 2.45) is 0 Å². The Kier molecular flexibility index (Phi) is 9.11. The van der Waals surface area contributed by atoms with E-state index in [0.717, 1.165) is 0 Å². The summed E-state index contributed by atoms with van der Waals surface area (Å²) in [6.07, 6.45) is 0. The normalized spacial score (nSPS) is 11.1. The van der Waals surface area contributed by atoms with Crippen LogP contribution in [0, 0.1) is 0 Å². The number of carbonyl (C=O) groups excluding carboxylic acids is 2. The third kappa shape index (κ3) is 8.62. The average Bonchev–Trinajstić information content (AvgIpc) is 2.54. The Balaban J connectivity index is 2.61. The number of methoxy groups -OCH3 is 2. The van der Waals surface area contributed by atoms with Crippen LogP contribution in [0.1, 0.15) is 0 Å². The molecule has 0 saturated heterocycles. The van der Waals surface area contributed by atoms with Crippen molar-refractivity contribution >= 4 is 27.3 Å². The largest absolute Gasteiger partial charge is 0.383 e. The minimum atomic E-state index is -3.88. The van der Waals surface area contributed by atoms with E-state index in [1.807, 2.05) is 0 Å². The van der Waals surface area contributed by atoms with Crippen molar-refractivity contribution in [3.63, 3.8) is 0 Å². The number of rotatable bonds is 11. The summed E-state index contributed by atoms with van der Waals surface area (Å²) in [5, 5.41) is 2.49. The number of amides is 2. The number of nitrogens with one attached hydrogen (secondary N) is 1. The lowest BCUT2D eigenvalue weighted by atomic mass is 10.3. The molecule has 0 unspecified atom stereocenters. The molecule has 0 heterocycles. The van der Waals surface area contributed by atoms with Gasteiger partial charge in [-0.15, -0.1) is 0 Å². The number of benzene rings is 1. The van der Waals surface area contributed by atoms with Gasteiger partial charge in [-0.05, 0) is 12.1 Å². The molecular weight excluding hydrogens is 348 g/mol. The van der Waals surface area contributed by atoms with Gasteiger partial charge in [0.15, 0.2) is 9.84 Å². The van der Waals surface area contributed by atoms with Crippen molar-refractivity contribution in [3.05, 3.63) is 30.3 Å². The molecule has 140 valence electrons. The maximum atomic E-state index is 12.2. The molecule has 0 aliphatic rings. The standard InChI is InChI=1S/C16H24N2O6S/c1-23-10-8-18(9-11-24-2)16(20)13-25(21,22)12-15(19)17-14-6-4-3-5-7-14/h3-7H,8-13H2,1-2H3,(H,17,19).